The van der Waals surface area contributed by atoms with Crippen LogP contribution in [0.4, 0.5) is 5.69 Å². The van der Waals surface area contributed by atoms with E-state index in [1.807, 2.05) is 0 Å². The first-order valence-electron chi connectivity index (χ1n) is 7.72. The molecule has 0 spiro atoms. The van der Waals surface area contributed by atoms with E-state index in [0.29, 0.717) is 22.8 Å². The monoisotopic (exact) mass is 374 g/mol. The molecular formula is C17H18N4O4S. The van der Waals surface area contributed by atoms with E-state index in [-0.39, 0.29) is 17.3 Å². The predicted octanol–water partition coefficient (Wildman–Crippen LogP) is 2.03. The molecule has 3 rings (SSSR count). The maximum Gasteiger partial charge on any atom is 0.264 e. The van der Waals surface area contributed by atoms with Crippen LogP contribution in [-0.4, -0.2) is 32.7 Å². The Morgan fingerprint density at radius 1 is 1.15 bits per heavy atom. The van der Waals surface area contributed by atoms with Gasteiger partial charge in [-0.05, 0) is 36.4 Å². The number of nitrogens with zero attached hydrogens (tertiary/aromatic N) is 3. The number of hydrogen-bond donors (Lipinski definition) is 1. The molecule has 1 heterocycles. The Balaban J connectivity index is 1.92. The summed E-state index contributed by atoms with van der Waals surface area (Å²) in [6.07, 6.45) is 0. The highest BCUT2D eigenvalue weighted by molar-refractivity contribution is 7.92. The number of aromatic nitrogens is 2. The van der Waals surface area contributed by atoms with Gasteiger partial charge in [0.15, 0.2) is 5.82 Å². The standard InChI is InChI=1S/C17H18N4O4S/c1-21(14-5-3-4-6-15(14)24-2)26(22,23)13-9-7-12(8-10-13)17-19-16(11-18)20-25-17/h3-10H,11,18H2,1-2H3. The molecular weight excluding hydrogens is 356 g/mol. The second-order valence-electron chi connectivity index (χ2n) is 5.39. The Bertz CT molecular complexity index is 1000. The lowest BCUT2D eigenvalue weighted by molar-refractivity contribution is 0.416. The van der Waals surface area contributed by atoms with Crippen LogP contribution in [0.2, 0.25) is 0 Å². The third-order valence-electron chi connectivity index (χ3n) is 3.83. The van der Waals surface area contributed by atoms with E-state index in [9.17, 15) is 8.42 Å². The van der Waals surface area contributed by atoms with Crippen molar-refractivity contribution in [1.82, 2.24) is 10.1 Å². The molecule has 3 aromatic rings. The van der Waals surface area contributed by atoms with Crippen molar-refractivity contribution >= 4 is 15.7 Å². The first-order valence-corrected chi connectivity index (χ1v) is 9.16. The van der Waals surface area contributed by atoms with Crippen molar-refractivity contribution in [3.8, 4) is 17.2 Å². The largest absolute Gasteiger partial charge is 0.495 e. The van der Waals surface area contributed by atoms with Gasteiger partial charge in [0.1, 0.15) is 5.75 Å². The molecule has 0 saturated heterocycles. The maximum absolute atomic E-state index is 12.9. The first-order chi connectivity index (χ1) is 12.5. The summed E-state index contributed by atoms with van der Waals surface area (Å²) in [5.41, 5.74) is 6.51. The van der Waals surface area contributed by atoms with Crippen molar-refractivity contribution in [1.29, 1.82) is 0 Å². The van der Waals surface area contributed by atoms with Gasteiger partial charge in [-0.3, -0.25) is 4.31 Å². The summed E-state index contributed by atoms with van der Waals surface area (Å²) in [6, 6.07) is 13.1. The van der Waals surface area contributed by atoms with E-state index in [0.717, 1.165) is 0 Å². The van der Waals surface area contributed by atoms with Crippen molar-refractivity contribution < 1.29 is 17.7 Å². The number of ether oxygens (including phenoxy) is 1. The van der Waals surface area contributed by atoms with Crippen molar-refractivity contribution in [3.63, 3.8) is 0 Å². The fourth-order valence-corrected chi connectivity index (χ4v) is 3.61. The van der Waals surface area contributed by atoms with Crippen LogP contribution in [0.15, 0.2) is 57.9 Å². The van der Waals surface area contributed by atoms with Crippen LogP contribution >= 0.6 is 0 Å². The maximum atomic E-state index is 12.9. The van der Waals surface area contributed by atoms with Crippen LogP contribution in [0, 0.1) is 0 Å². The van der Waals surface area contributed by atoms with Crippen molar-refractivity contribution in [2.75, 3.05) is 18.5 Å². The van der Waals surface area contributed by atoms with E-state index in [1.54, 1.807) is 36.4 Å². The minimum atomic E-state index is -3.76. The van der Waals surface area contributed by atoms with Crippen molar-refractivity contribution in [2.24, 2.45) is 5.73 Å². The van der Waals surface area contributed by atoms with Gasteiger partial charge in [-0.1, -0.05) is 17.3 Å². The first kappa shape index (κ1) is 17.9. The van der Waals surface area contributed by atoms with Gasteiger partial charge in [-0.2, -0.15) is 4.98 Å². The van der Waals surface area contributed by atoms with Crippen LogP contribution in [0.25, 0.3) is 11.5 Å². The molecule has 0 fully saturated rings. The zero-order chi connectivity index (χ0) is 18.7. The van der Waals surface area contributed by atoms with Crippen molar-refractivity contribution in [2.45, 2.75) is 11.4 Å². The van der Waals surface area contributed by atoms with Gasteiger partial charge in [-0.25, -0.2) is 8.42 Å². The molecule has 0 aliphatic rings. The van der Waals surface area contributed by atoms with Gasteiger partial charge < -0.3 is 15.0 Å². The Labute approximate surface area is 151 Å². The third-order valence-corrected chi connectivity index (χ3v) is 5.62. The molecule has 0 radical (unpaired) electrons. The molecule has 2 aromatic carbocycles. The molecule has 26 heavy (non-hydrogen) atoms. The molecule has 1 aromatic heterocycles. The van der Waals surface area contributed by atoms with Gasteiger partial charge in [0.25, 0.3) is 15.9 Å². The Hall–Kier alpha value is -2.91. The molecule has 0 unspecified atom stereocenters. The number of sulfonamides is 1. The summed E-state index contributed by atoms with van der Waals surface area (Å²) < 4.78 is 37.3. The fraction of sp³-hybridized carbons (Fsp3) is 0.176. The molecule has 0 aliphatic carbocycles. The summed E-state index contributed by atoms with van der Waals surface area (Å²) in [5.74, 6) is 1.13. The third kappa shape index (κ3) is 3.26. The van der Waals surface area contributed by atoms with Gasteiger partial charge >= 0.3 is 0 Å². The van der Waals surface area contributed by atoms with Crippen LogP contribution in [0.3, 0.4) is 0 Å². The number of para-hydroxylation sites is 2. The fourth-order valence-electron chi connectivity index (χ4n) is 2.40. The molecule has 0 aliphatic heterocycles. The summed E-state index contributed by atoms with van der Waals surface area (Å²) in [4.78, 5) is 4.25. The highest BCUT2D eigenvalue weighted by Crippen LogP contribution is 2.31. The Kier molecular flexibility index (Phi) is 4.92. The van der Waals surface area contributed by atoms with Crippen LogP contribution in [0.1, 0.15) is 5.82 Å². The van der Waals surface area contributed by atoms with Gasteiger partial charge in [0.2, 0.25) is 0 Å². The van der Waals surface area contributed by atoms with Crippen molar-refractivity contribution in [3.05, 3.63) is 54.4 Å². The molecule has 136 valence electrons. The molecule has 0 bridgehead atoms. The summed E-state index contributed by atoms with van der Waals surface area (Å²) in [5, 5.41) is 3.72. The normalized spacial score (nSPS) is 11.3. The van der Waals surface area contributed by atoms with Crippen LogP contribution < -0.4 is 14.8 Å². The summed E-state index contributed by atoms with van der Waals surface area (Å²) in [7, 11) is -0.783. The molecule has 9 heteroatoms. The zero-order valence-corrected chi connectivity index (χ0v) is 15.1. The van der Waals surface area contributed by atoms with E-state index in [2.05, 4.69) is 10.1 Å². The highest BCUT2D eigenvalue weighted by atomic mass is 32.2. The second-order valence-corrected chi connectivity index (χ2v) is 7.36. The highest BCUT2D eigenvalue weighted by Gasteiger charge is 2.23. The molecule has 8 nitrogen and oxygen atoms in total. The number of nitrogens with two attached hydrogens (primary N) is 1. The van der Waals surface area contributed by atoms with Crippen LogP contribution in [0.5, 0.6) is 5.75 Å². The quantitative estimate of drug-likeness (QED) is 0.702. The average Bonchev–Trinajstić information content (AvgIpc) is 3.16. The second kappa shape index (κ2) is 7.14. The lowest BCUT2D eigenvalue weighted by Crippen LogP contribution is -2.26. The van der Waals surface area contributed by atoms with E-state index in [1.165, 1.54) is 30.6 Å². The molecule has 0 saturated carbocycles. The number of hydrogen-bond acceptors (Lipinski definition) is 7. The summed E-state index contributed by atoms with van der Waals surface area (Å²) in [6.45, 7) is 0.166. The zero-order valence-electron chi connectivity index (χ0n) is 14.3. The number of methoxy groups -OCH3 is 1. The predicted molar refractivity (Wildman–Crippen MR) is 96.2 cm³/mol. The van der Waals surface area contributed by atoms with Gasteiger partial charge in [0.05, 0.1) is 24.2 Å². The Morgan fingerprint density at radius 2 is 1.85 bits per heavy atom. The smallest absolute Gasteiger partial charge is 0.264 e. The van der Waals surface area contributed by atoms with Crippen LogP contribution in [-0.2, 0) is 16.6 Å². The minimum Gasteiger partial charge on any atom is -0.495 e. The lowest BCUT2D eigenvalue weighted by atomic mass is 10.2. The molecule has 0 amide bonds. The minimum absolute atomic E-state index is 0.133. The number of anilines is 1. The van der Waals surface area contributed by atoms with Gasteiger partial charge in [-0.15, -0.1) is 0 Å². The Morgan fingerprint density at radius 3 is 2.46 bits per heavy atom. The lowest BCUT2D eigenvalue weighted by Gasteiger charge is -2.21. The van der Waals surface area contributed by atoms with Gasteiger partial charge in [0, 0.05) is 12.6 Å². The number of benzene rings is 2. The van der Waals surface area contributed by atoms with E-state index >= 15 is 0 Å². The SMILES string of the molecule is COc1ccccc1N(C)S(=O)(=O)c1ccc(-c2nc(CN)no2)cc1. The average molecular weight is 374 g/mol. The summed E-state index contributed by atoms with van der Waals surface area (Å²) >= 11 is 0. The van der Waals surface area contributed by atoms with E-state index in [4.69, 9.17) is 15.0 Å². The molecule has 2 N–H and O–H groups in total. The van der Waals surface area contributed by atoms with E-state index < -0.39 is 10.0 Å². The topological polar surface area (TPSA) is 112 Å². The molecule has 0 atom stereocenters. The number of rotatable bonds is 6.